The minimum absolute atomic E-state index is 0.0917. The van der Waals surface area contributed by atoms with Gasteiger partial charge >= 0.3 is 0 Å². The second-order valence-corrected chi connectivity index (χ2v) is 6.38. The van der Waals surface area contributed by atoms with E-state index in [0.29, 0.717) is 11.5 Å². The summed E-state index contributed by atoms with van der Waals surface area (Å²) in [5.41, 5.74) is 2.55. The van der Waals surface area contributed by atoms with Crippen LogP contribution in [0.4, 0.5) is 0 Å². The Balaban J connectivity index is 1.55. The van der Waals surface area contributed by atoms with Crippen LogP contribution in [0.2, 0.25) is 0 Å². The standard InChI is InChI=1S/C17H24N2O/c1-2-13-4-3-5-14(10-13)16(20)19-15-11-17(12-15)6-8-18-9-7-17/h3-5,10,15,18H,2,6-9,11-12H2,1H3,(H,19,20). The summed E-state index contributed by atoms with van der Waals surface area (Å²) in [7, 11) is 0. The summed E-state index contributed by atoms with van der Waals surface area (Å²) < 4.78 is 0. The molecule has 0 atom stereocenters. The third kappa shape index (κ3) is 2.73. The first-order valence-corrected chi connectivity index (χ1v) is 7.81. The van der Waals surface area contributed by atoms with Gasteiger partial charge in [0, 0.05) is 11.6 Å². The number of amides is 1. The highest BCUT2D eigenvalue weighted by Crippen LogP contribution is 2.47. The molecule has 1 saturated carbocycles. The number of carbonyl (C=O) groups excluding carboxylic acids is 1. The molecular weight excluding hydrogens is 248 g/mol. The lowest BCUT2D eigenvalue weighted by molar-refractivity contribution is 0.0423. The molecule has 2 aliphatic rings. The average Bonchev–Trinajstić information content (AvgIpc) is 2.46. The monoisotopic (exact) mass is 272 g/mol. The Kier molecular flexibility index (Phi) is 3.79. The van der Waals surface area contributed by atoms with Crippen molar-refractivity contribution in [3.8, 4) is 0 Å². The van der Waals surface area contributed by atoms with Crippen molar-refractivity contribution in [3.05, 3.63) is 35.4 Å². The molecule has 2 N–H and O–H groups in total. The lowest BCUT2D eigenvalue weighted by Gasteiger charge is -2.50. The van der Waals surface area contributed by atoms with Crippen LogP contribution in [-0.2, 0) is 6.42 Å². The molecular formula is C17H24N2O. The molecule has 108 valence electrons. The van der Waals surface area contributed by atoms with Crippen molar-refractivity contribution < 1.29 is 4.79 Å². The van der Waals surface area contributed by atoms with Gasteiger partial charge in [-0.2, -0.15) is 0 Å². The summed E-state index contributed by atoms with van der Waals surface area (Å²) in [6.45, 7) is 4.39. The van der Waals surface area contributed by atoms with Crippen molar-refractivity contribution in [1.82, 2.24) is 10.6 Å². The second-order valence-electron chi connectivity index (χ2n) is 6.38. The Bertz CT molecular complexity index is 484. The molecule has 3 heteroatoms. The maximum absolute atomic E-state index is 12.3. The molecule has 1 aliphatic carbocycles. The Morgan fingerprint density at radius 1 is 1.35 bits per heavy atom. The third-order valence-electron chi connectivity index (χ3n) is 4.96. The molecule has 2 fully saturated rings. The van der Waals surface area contributed by atoms with Crippen LogP contribution in [0.15, 0.2) is 24.3 Å². The molecule has 0 radical (unpaired) electrons. The summed E-state index contributed by atoms with van der Waals surface area (Å²) in [5.74, 6) is 0.0917. The van der Waals surface area contributed by atoms with Gasteiger partial charge in [-0.3, -0.25) is 4.79 Å². The maximum atomic E-state index is 12.3. The molecule has 3 nitrogen and oxygen atoms in total. The van der Waals surface area contributed by atoms with E-state index in [1.54, 1.807) is 0 Å². The van der Waals surface area contributed by atoms with Crippen molar-refractivity contribution >= 4 is 5.91 Å². The number of carbonyl (C=O) groups is 1. The van der Waals surface area contributed by atoms with Gasteiger partial charge in [0.05, 0.1) is 0 Å². The number of rotatable bonds is 3. The first kappa shape index (κ1) is 13.6. The van der Waals surface area contributed by atoms with Crippen LogP contribution in [0.5, 0.6) is 0 Å². The normalized spacial score (nSPS) is 21.4. The van der Waals surface area contributed by atoms with Gasteiger partial charge in [0.25, 0.3) is 5.91 Å². The van der Waals surface area contributed by atoms with Gasteiger partial charge in [-0.25, -0.2) is 0 Å². The number of piperidine rings is 1. The first-order valence-electron chi connectivity index (χ1n) is 7.81. The Morgan fingerprint density at radius 3 is 2.80 bits per heavy atom. The molecule has 1 aliphatic heterocycles. The smallest absolute Gasteiger partial charge is 0.251 e. The highest BCUT2D eigenvalue weighted by atomic mass is 16.1. The number of benzene rings is 1. The highest BCUT2D eigenvalue weighted by Gasteiger charge is 2.44. The van der Waals surface area contributed by atoms with E-state index in [4.69, 9.17) is 0 Å². The first-order chi connectivity index (χ1) is 9.71. The summed E-state index contributed by atoms with van der Waals surface area (Å²) in [6.07, 6.45) is 5.83. The topological polar surface area (TPSA) is 41.1 Å². The molecule has 1 saturated heterocycles. The van der Waals surface area contributed by atoms with Gasteiger partial charge in [0.1, 0.15) is 0 Å². The summed E-state index contributed by atoms with van der Waals surface area (Å²) >= 11 is 0. The van der Waals surface area contributed by atoms with E-state index in [1.165, 1.54) is 18.4 Å². The molecule has 0 bridgehead atoms. The van der Waals surface area contributed by atoms with Crippen LogP contribution >= 0.6 is 0 Å². The van der Waals surface area contributed by atoms with Crippen molar-refractivity contribution in [2.24, 2.45) is 5.41 Å². The fourth-order valence-corrected chi connectivity index (χ4v) is 3.65. The van der Waals surface area contributed by atoms with E-state index in [2.05, 4.69) is 23.6 Å². The Labute approximate surface area is 121 Å². The van der Waals surface area contributed by atoms with Crippen molar-refractivity contribution in [2.75, 3.05) is 13.1 Å². The number of aryl methyl sites for hydroxylation is 1. The van der Waals surface area contributed by atoms with Crippen LogP contribution in [0.1, 0.15) is 48.5 Å². The molecule has 1 aromatic rings. The summed E-state index contributed by atoms with van der Waals surface area (Å²) in [6, 6.07) is 8.35. The average molecular weight is 272 g/mol. The Morgan fingerprint density at radius 2 is 2.10 bits per heavy atom. The predicted octanol–water partition coefficient (Wildman–Crippen LogP) is 2.51. The van der Waals surface area contributed by atoms with Crippen LogP contribution in [0.25, 0.3) is 0 Å². The molecule has 0 aromatic heterocycles. The minimum Gasteiger partial charge on any atom is -0.349 e. The molecule has 1 amide bonds. The van der Waals surface area contributed by atoms with Crippen LogP contribution < -0.4 is 10.6 Å². The van der Waals surface area contributed by atoms with Gasteiger partial charge < -0.3 is 10.6 Å². The maximum Gasteiger partial charge on any atom is 0.251 e. The second kappa shape index (κ2) is 5.57. The van der Waals surface area contributed by atoms with E-state index < -0.39 is 0 Å². The molecule has 1 heterocycles. The summed E-state index contributed by atoms with van der Waals surface area (Å²) in [4.78, 5) is 12.3. The van der Waals surface area contributed by atoms with Gasteiger partial charge in [0.2, 0.25) is 0 Å². The molecule has 1 spiro atoms. The molecule has 0 unspecified atom stereocenters. The van der Waals surface area contributed by atoms with Crippen molar-refractivity contribution in [1.29, 1.82) is 0 Å². The molecule has 20 heavy (non-hydrogen) atoms. The lowest BCUT2D eigenvalue weighted by Crippen LogP contribution is -2.54. The predicted molar refractivity (Wildman–Crippen MR) is 80.8 cm³/mol. The quantitative estimate of drug-likeness (QED) is 0.887. The zero-order chi connectivity index (χ0) is 14.0. The van der Waals surface area contributed by atoms with E-state index in [9.17, 15) is 4.79 Å². The van der Waals surface area contributed by atoms with E-state index in [0.717, 1.165) is 37.9 Å². The number of hydrogen-bond acceptors (Lipinski definition) is 2. The van der Waals surface area contributed by atoms with E-state index in [-0.39, 0.29) is 5.91 Å². The largest absolute Gasteiger partial charge is 0.349 e. The summed E-state index contributed by atoms with van der Waals surface area (Å²) in [5, 5.41) is 6.61. The van der Waals surface area contributed by atoms with Crippen LogP contribution in [0, 0.1) is 5.41 Å². The van der Waals surface area contributed by atoms with E-state index >= 15 is 0 Å². The molecule has 3 rings (SSSR count). The van der Waals surface area contributed by atoms with Gasteiger partial charge in [-0.05, 0) is 68.3 Å². The SMILES string of the molecule is CCc1cccc(C(=O)NC2CC3(CCNCC3)C2)c1. The third-order valence-corrected chi connectivity index (χ3v) is 4.96. The van der Waals surface area contributed by atoms with Crippen LogP contribution in [0.3, 0.4) is 0 Å². The highest BCUT2D eigenvalue weighted by molar-refractivity contribution is 5.94. The molecule has 1 aromatic carbocycles. The number of hydrogen-bond donors (Lipinski definition) is 2. The van der Waals surface area contributed by atoms with Crippen molar-refractivity contribution in [2.45, 2.75) is 45.1 Å². The zero-order valence-electron chi connectivity index (χ0n) is 12.2. The van der Waals surface area contributed by atoms with Gasteiger partial charge in [-0.15, -0.1) is 0 Å². The van der Waals surface area contributed by atoms with Gasteiger partial charge in [-0.1, -0.05) is 19.1 Å². The lowest BCUT2D eigenvalue weighted by atomic mass is 9.60. The van der Waals surface area contributed by atoms with Crippen LogP contribution in [-0.4, -0.2) is 25.0 Å². The Hall–Kier alpha value is -1.35. The zero-order valence-corrected chi connectivity index (χ0v) is 12.2. The number of nitrogens with one attached hydrogen (secondary N) is 2. The van der Waals surface area contributed by atoms with Crippen molar-refractivity contribution in [3.63, 3.8) is 0 Å². The van der Waals surface area contributed by atoms with Gasteiger partial charge in [0.15, 0.2) is 0 Å². The minimum atomic E-state index is 0.0917. The van der Waals surface area contributed by atoms with E-state index in [1.807, 2.05) is 18.2 Å². The fourth-order valence-electron chi connectivity index (χ4n) is 3.65. The fraction of sp³-hybridized carbons (Fsp3) is 0.588.